The standard InChI is InChI=1S/C6H13.C4H9.Y/c1-4-5-6(2)3;1-3-4-2;/h6H,1,4-5H2,2-3H3;1,3-4H2,2H3;/q2*-1;. The van der Waals surface area contributed by atoms with E-state index < -0.39 is 0 Å². The van der Waals surface area contributed by atoms with E-state index >= 15 is 0 Å². The second-order valence-electron chi connectivity index (χ2n) is 2.89. The van der Waals surface area contributed by atoms with Gasteiger partial charge in [-0.1, -0.05) is 33.6 Å². The summed E-state index contributed by atoms with van der Waals surface area (Å²) in [6.45, 7) is 13.9. The van der Waals surface area contributed by atoms with E-state index in [9.17, 15) is 0 Å². The molecule has 0 amide bonds. The molecule has 0 unspecified atom stereocenters. The van der Waals surface area contributed by atoms with Gasteiger partial charge in [-0.3, -0.25) is 0 Å². The van der Waals surface area contributed by atoms with Crippen LogP contribution in [-0.4, -0.2) is 0 Å². The fraction of sp³-hybridized carbons (Fsp3) is 0.800. The van der Waals surface area contributed by atoms with Crippen molar-refractivity contribution in [1.29, 1.82) is 0 Å². The fourth-order valence-corrected chi connectivity index (χ4v) is 0.408. The van der Waals surface area contributed by atoms with Gasteiger partial charge in [-0.2, -0.15) is 12.8 Å². The van der Waals surface area contributed by atoms with Crippen LogP contribution in [0.4, 0.5) is 0 Å². The van der Waals surface area contributed by atoms with Gasteiger partial charge in [0.2, 0.25) is 0 Å². The first kappa shape index (κ1) is 18.0. The van der Waals surface area contributed by atoms with Crippen LogP contribution in [0.3, 0.4) is 0 Å². The number of hydrogen-bond acceptors (Lipinski definition) is 0. The zero-order valence-electron chi connectivity index (χ0n) is 8.40. The van der Waals surface area contributed by atoms with Gasteiger partial charge >= 0.3 is 0 Å². The van der Waals surface area contributed by atoms with E-state index in [2.05, 4.69) is 34.6 Å². The Morgan fingerprint density at radius 3 is 1.45 bits per heavy atom. The molecule has 0 fully saturated rings. The van der Waals surface area contributed by atoms with Crippen molar-refractivity contribution in [1.82, 2.24) is 0 Å². The minimum absolute atomic E-state index is 0. The predicted octanol–water partition coefficient (Wildman–Crippen LogP) is 3.87. The molecule has 1 heteroatoms. The topological polar surface area (TPSA) is 0 Å². The van der Waals surface area contributed by atoms with Gasteiger partial charge in [0.05, 0.1) is 0 Å². The smallest absolute Gasteiger partial charge is 0 e. The first-order chi connectivity index (χ1) is 4.68. The molecular formula is C10H22Y-2. The Morgan fingerprint density at radius 1 is 1.09 bits per heavy atom. The second kappa shape index (κ2) is 17.3. The number of hydrogen-bond donors (Lipinski definition) is 0. The van der Waals surface area contributed by atoms with E-state index in [1.807, 2.05) is 0 Å². The van der Waals surface area contributed by atoms with Crippen LogP contribution in [-0.2, 0) is 32.7 Å². The molecule has 0 aromatic carbocycles. The fourth-order valence-electron chi connectivity index (χ4n) is 0.408. The van der Waals surface area contributed by atoms with Gasteiger partial charge in [0.25, 0.3) is 0 Å². The Labute approximate surface area is 98.4 Å². The van der Waals surface area contributed by atoms with Crippen molar-refractivity contribution in [3.05, 3.63) is 13.8 Å². The third-order valence-electron chi connectivity index (χ3n) is 1.14. The maximum atomic E-state index is 3.73. The average molecular weight is 231 g/mol. The molecule has 0 aliphatic heterocycles. The normalized spacial score (nSPS) is 8.18. The average Bonchev–Trinajstić information content (AvgIpc) is 1.89. The van der Waals surface area contributed by atoms with Gasteiger partial charge < -0.3 is 13.8 Å². The van der Waals surface area contributed by atoms with E-state index in [4.69, 9.17) is 0 Å². The van der Waals surface area contributed by atoms with Crippen LogP contribution < -0.4 is 0 Å². The maximum absolute atomic E-state index is 3.73. The zero-order chi connectivity index (χ0) is 8.41. The summed E-state index contributed by atoms with van der Waals surface area (Å²) in [5, 5.41) is 0. The van der Waals surface area contributed by atoms with Crippen LogP contribution in [0.2, 0.25) is 0 Å². The molecule has 11 heavy (non-hydrogen) atoms. The summed E-state index contributed by atoms with van der Waals surface area (Å²) in [6, 6.07) is 0. The maximum Gasteiger partial charge on any atom is 0 e. The third kappa shape index (κ3) is 35.3. The van der Waals surface area contributed by atoms with Crippen molar-refractivity contribution in [2.75, 3.05) is 0 Å². The first-order valence-electron chi connectivity index (χ1n) is 4.27. The molecule has 0 saturated heterocycles. The Bertz CT molecular complexity index is 40.1. The molecule has 0 heterocycles. The number of rotatable bonds is 3. The Morgan fingerprint density at radius 2 is 1.45 bits per heavy atom. The first-order valence-corrected chi connectivity index (χ1v) is 4.27. The van der Waals surface area contributed by atoms with E-state index in [-0.39, 0.29) is 32.7 Å². The molecular weight excluding hydrogens is 209 g/mol. The third-order valence-corrected chi connectivity index (χ3v) is 1.14. The molecule has 0 aliphatic carbocycles. The quantitative estimate of drug-likeness (QED) is 0.647. The molecule has 0 aromatic heterocycles. The minimum Gasteiger partial charge on any atom is -0.343 e. The van der Waals surface area contributed by atoms with Crippen molar-refractivity contribution >= 4 is 0 Å². The van der Waals surface area contributed by atoms with Crippen LogP contribution >= 0.6 is 0 Å². The Hall–Kier alpha value is 1.10. The van der Waals surface area contributed by atoms with Gasteiger partial charge in [-0.25, -0.2) is 0 Å². The van der Waals surface area contributed by atoms with Crippen molar-refractivity contribution in [2.24, 2.45) is 5.92 Å². The van der Waals surface area contributed by atoms with Gasteiger partial charge in [-0.05, 0) is 5.92 Å². The van der Waals surface area contributed by atoms with Crippen LogP contribution in [0.25, 0.3) is 0 Å². The summed E-state index contributed by atoms with van der Waals surface area (Å²) in [6.07, 6.45) is 4.62. The largest absolute Gasteiger partial charge is 0.343 e. The molecule has 0 aliphatic rings. The molecule has 0 bridgehead atoms. The van der Waals surface area contributed by atoms with Crippen molar-refractivity contribution in [2.45, 2.75) is 46.5 Å². The summed E-state index contributed by atoms with van der Waals surface area (Å²) < 4.78 is 0. The van der Waals surface area contributed by atoms with Crippen LogP contribution in [0.5, 0.6) is 0 Å². The van der Waals surface area contributed by atoms with Gasteiger partial charge in [-0.15, -0.1) is 0 Å². The molecule has 0 spiro atoms. The van der Waals surface area contributed by atoms with E-state index in [1.165, 1.54) is 12.8 Å². The summed E-state index contributed by atoms with van der Waals surface area (Å²) >= 11 is 0. The van der Waals surface area contributed by atoms with Crippen molar-refractivity contribution in [3.63, 3.8) is 0 Å². The Balaban J connectivity index is -0.000000114. The molecule has 0 atom stereocenters. The second-order valence-corrected chi connectivity index (χ2v) is 2.89. The predicted molar refractivity (Wildman–Crippen MR) is 49.7 cm³/mol. The van der Waals surface area contributed by atoms with E-state index in [0.29, 0.717) is 0 Å². The van der Waals surface area contributed by atoms with Gasteiger partial charge in [0.15, 0.2) is 0 Å². The molecule has 0 rings (SSSR count). The monoisotopic (exact) mass is 231 g/mol. The minimum atomic E-state index is 0. The van der Waals surface area contributed by atoms with E-state index in [1.54, 1.807) is 0 Å². The molecule has 0 nitrogen and oxygen atoms in total. The van der Waals surface area contributed by atoms with E-state index in [0.717, 1.165) is 18.8 Å². The molecule has 1 radical (unpaired) electrons. The van der Waals surface area contributed by atoms with Gasteiger partial charge in [0.1, 0.15) is 0 Å². The summed E-state index contributed by atoms with van der Waals surface area (Å²) in [7, 11) is 0. The molecule has 67 valence electrons. The van der Waals surface area contributed by atoms with Crippen molar-refractivity contribution in [3.8, 4) is 0 Å². The molecule has 0 aromatic rings. The van der Waals surface area contributed by atoms with Crippen LogP contribution in [0.1, 0.15) is 46.5 Å². The summed E-state index contributed by atoms with van der Waals surface area (Å²) in [4.78, 5) is 0. The summed E-state index contributed by atoms with van der Waals surface area (Å²) in [5.41, 5.74) is 0. The summed E-state index contributed by atoms with van der Waals surface area (Å²) in [5.74, 6) is 0.836. The number of unbranched alkanes of at least 4 members (excludes halogenated alkanes) is 1. The Kier molecular flexibility index (Phi) is 28.3. The molecule has 0 saturated carbocycles. The zero-order valence-corrected chi connectivity index (χ0v) is 11.2. The van der Waals surface area contributed by atoms with Crippen LogP contribution in [0.15, 0.2) is 0 Å². The SMILES string of the molecule is [CH2-]CCC.[CH2-]CCC(C)C.[Y]. The van der Waals surface area contributed by atoms with Crippen molar-refractivity contribution < 1.29 is 32.7 Å². The van der Waals surface area contributed by atoms with Gasteiger partial charge in [0, 0.05) is 32.7 Å². The van der Waals surface area contributed by atoms with Crippen LogP contribution in [0, 0.1) is 19.8 Å². The molecule has 0 N–H and O–H groups in total.